The summed E-state index contributed by atoms with van der Waals surface area (Å²) in [4.78, 5) is 9.67. The zero-order chi connectivity index (χ0) is 8.97. The number of nitro groups is 1. The highest BCUT2D eigenvalue weighted by Gasteiger charge is 2.16. The molecule has 0 aromatic carbocycles. The number of hydrogen-bond donors (Lipinski definition) is 0. The zero-order valence-electron chi connectivity index (χ0n) is 7.40. The van der Waals surface area contributed by atoms with E-state index in [0.29, 0.717) is 5.92 Å². The molecule has 0 aromatic rings. The van der Waals surface area contributed by atoms with E-state index in [-0.39, 0.29) is 4.92 Å². The van der Waals surface area contributed by atoms with Crippen molar-refractivity contribution in [2.24, 2.45) is 11.8 Å². The number of hydrogen-bond acceptors (Lipinski definition) is 2. The molecule has 12 heavy (non-hydrogen) atoms. The molecule has 0 heterocycles. The zero-order valence-corrected chi connectivity index (χ0v) is 7.40. The molecular formula is C9H15NO2. The first-order chi connectivity index (χ1) is 5.68. The van der Waals surface area contributed by atoms with Crippen molar-refractivity contribution < 1.29 is 4.92 Å². The van der Waals surface area contributed by atoms with E-state index in [0.717, 1.165) is 25.0 Å². The van der Waals surface area contributed by atoms with E-state index in [4.69, 9.17) is 0 Å². The Morgan fingerprint density at radius 1 is 1.50 bits per heavy atom. The molecule has 0 aliphatic heterocycles. The van der Waals surface area contributed by atoms with Gasteiger partial charge < -0.3 is 0 Å². The molecule has 2 unspecified atom stereocenters. The fourth-order valence-electron chi connectivity index (χ4n) is 1.85. The van der Waals surface area contributed by atoms with Gasteiger partial charge in [0.05, 0.1) is 4.92 Å². The van der Waals surface area contributed by atoms with Crippen LogP contribution >= 0.6 is 0 Å². The van der Waals surface area contributed by atoms with Gasteiger partial charge in [-0.25, -0.2) is 0 Å². The molecule has 1 rings (SSSR count). The third-order valence-electron chi connectivity index (χ3n) is 2.46. The van der Waals surface area contributed by atoms with Crippen molar-refractivity contribution in [3.05, 3.63) is 22.4 Å². The molecule has 0 amide bonds. The molecule has 3 heteroatoms. The van der Waals surface area contributed by atoms with Crippen molar-refractivity contribution >= 4 is 0 Å². The van der Waals surface area contributed by atoms with E-state index >= 15 is 0 Å². The third kappa shape index (κ3) is 3.03. The SMILES string of the molecule is CC1CCCC(C=C[N+](=O)[O-])C1. The summed E-state index contributed by atoms with van der Waals surface area (Å²) in [6.45, 7) is 2.21. The smallest absolute Gasteiger partial charge is 0.230 e. The lowest BCUT2D eigenvalue weighted by atomic mass is 9.82. The Morgan fingerprint density at radius 3 is 2.83 bits per heavy atom. The van der Waals surface area contributed by atoms with Crippen LogP contribution in [-0.2, 0) is 0 Å². The number of rotatable bonds is 2. The van der Waals surface area contributed by atoms with Gasteiger partial charge >= 0.3 is 0 Å². The van der Waals surface area contributed by atoms with Crippen LogP contribution in [0.2, 0.25) is 0 Å². The molecule has 1 saturated carbocycles. The van der Waals surface area contributed by atoms with Crippen molar-refractivity contribution in [2.75, 3.05) is 0 Å². The van der Waals surface area contributed by atoms with Gasteiger partial charge in [-0.3, -0.25) is 10.1 Å². The van der Waals surface area contributed by atoms with Gasteiger partial charge in [-0.2, -0.15) is 0 Å². The van der Waals surface area contributed by atoms with Crippen LogP contribution < -0.4 is 0 Å². The summed E-state index contributed by atoms with van der Waals surface area (Å²) in [5.41, 5.74) is 0. The molecule has 0 bridgehead atoms. The molecule has 0 spiro atoms. The second-order valence-corrected chi connectivity index (χ2v) is 3.66. The summed E-state index contributed by atoms with van der Waals surface area (Å²) in [5.74, 6) is 1.18. The van der Waals surface area contributed by atoms with E-state index < -0.39 is 0 Å². The summed E-state index contributed by atoms with van der Waals surface area (Å²) in [6.07, 6.45) is 7.56. The normalized spacial score (nSPS) is 30.8. The topological polar surface area (TPSA) is 43.1 Å². The predicted octanol–water partition coefficient (Wildman–Crippen LogP) is 2.60. The maximum Gasteiger partial charge on any atom is 0.230 e. The highest BCUT2D eigenvalue weighted by molar-refractivity contribution is 4.86. The van der Waals surface area contributed by atoms with E-state index in [1.807, 2.05) is 0 Å². The minimum absolute atomic E-state index is 0.376. The van der Waals surface area contributed by atoms with Crippen LogP contribution in [-0.4, -0.2) is 4.92 Å². The van der Waals surface area contributed by atoms with Gasteiger partial charge in [-0.15, -0.1) is 0 Å². The van der Waals surface area contributed by atoms with Crippen molar-refractivity contribution in [1.82, 2.24) is 0 Å². The molecule has 0 saturated heterocycles. The van der Waals surface area contributed by atoms with Crippen LogP contribution in [0.25, 0.3) is 0 Å². The minimum Gasteiger partial charge on any atom is -0.259 e. The first-order valence-electron chi connectivity index (χ1n) is 4.50. The minimum atomic E-state index is -0.376. The summed E-state index contributed by atoms with van der Waals surface area (Å²) >= 11 is 0. The van der Waals surface area contributed by atoms with Crippen LogP contribution in [0, 0.1) is 22.0 Å². The Kier molecular flexibility index (Phi) is 3.26. The molecule has 1 aliphatic rings. The summed E-state index contributed by atoms with van der Waals surface area (Å²) in [5, 5.41) is 10.0. The lowest BCUT2D eigenvalue weighted by Crippen LogP contribution is -2.11. The Labute approximate surface area is 72.6 Å². The largest absolute Gasteiger partial charge is 0.259 e. The molecule has 1 fully saturated rings. The second kappa shape index (κ2) is 4.24. The predicted molar refractivity (Wildman–Crippen MR) is 47.3 cm³/mol. The van der Waals surface area contributed by atoms with Crippen LogP contribution in [0.5, 0.6) is 0 Å². The maximum absolute atomic E-state index is 10.0. The lowest BCUT2D eigenvalue weighted by molar-refractivity contribution is -0.402. The average Bonchev–Trinajstić information content (AvgIpc) is 2.01. The summed E-state index contributed by atoms with van der Waals surface area (Å²) in [6, 6.07) is 0. The quantitative estimate of drug-likeness (QED) is 0.471. The third-order valence-corrected chi connectivity index (χ3v) is 2.46. The van der Waals surface area contributed by atoms with Crippen LogP contribution in [0.3, 0.4) is 0 Å². The number of allylic oxidation sites excluding steroid dienone is 1. The molecule has 3 nitrogen and oxygen atoms in total. The highest BCUT2D eigenvalue weighted by atomic mass is 16.6. The highest BCUT2D eigenvalue weighted by Crippen LogP contribution is 2.29. The molecule has 2 atom stereocenters. The molecule has 1 aliphatic carbocycles. The van der Waals surface area contributed by atoms with Gasteiger partial charge in [0.25, 0.3) is 0 Å². The molecule has 0 N–H and O–H groups in total. The standard InChI is InChI=1S/C9H15NO2/c1-8-3-2-4-9(7-8)5-6-10(11)12/h5-6,8-9H,2-4,7H2,1H3. The Morgan fingerprint density at radius 2 is 2.25 bits per heavy atom. The van der Waals surface area contributed by atoms with E-state index in [1.54, 1.807) is 6.08 Å². The van der Waals surface area contributed by atoms with Crippen LogP contribution in [0.4, 0.5) is 0 Å². The van der Waals surface area contributed by atoms with Gasteiger partial charge in [-0.1, -0.05) is 19.8 Å². The fraction of sp³-hybridized carbons (Fsp3) is 0.778. The fourth-order valence-corrected chi connectivity index (χ4v) is 1.85. The Hall–Kier alpha value is -0.860. The number of nitrogens with zero attached hydrogens (tertiary/aromatic N) is 1. The van der Waals surface area contributed by atoms with Crippen molar-refractivity contribution in [2.45, 2.75) is 32.6 Å². The summed E-state index contributed by atoms with van der Waals surface area (Å²) in [7, 11) is 0. The van der Waals surface area contributed by atoms with Gasteiger partial charge in [0.1, 0.15) is 0 Å². The molecule has 0 aromatic heterocycles. The van der Waals surface area contributed by atoms with E-state index in [1.165, 1.54) is 12.8 Å². The van der Waals surface area contributed by atoms with Gasteiger partial charge in [0.15, 0.2) is 0 Å². The molecule has 68 valence electrons. The molecule has 0 radical (unpaired) electrons. The lowest BCUT2D eigenvalue weighted by Gasteiger charge is -2.23. The Bertz CT molecular complexity index is 189. The van der Waals surface area contributed by atoms with Gasteiger partial charge in [0.2, 0.25) is 6.20 Å². The first kappa shape index (κ1) is 9.23. The monoisotopic (exact) mass is 169 g/mol. The van der Waals surface area contributed by atoms with Crippen LogP contribution in [0.15, 0.2) is 12.3 Å². The van der Waals surface area contributed by atoms with E-state index in [9.17, 15) is 10.1 Å². The Balaban J connectivity index is 2.36. The van der Waals surface area contributed by atoms with Crippen LogP contribution in [0.1, 0.15) is 32.6 Å². The van der Waals surface area contributed by atoms with Crippen molar-refractivity contribution in [1.29, 1.82) is 0 Å². The second-order valence-electron chi connectivity index (χ2n) is 3.66. The van der Waals surface area contributed by atoms with Gasteiger partial charge in [-0.05, 0) is 30.8 Å². The molecular weight excluding hydrogens is 154 g/mol. The first-order valence-corrected chi connectivity index (χ1v) is 4.50. The average molecular weight is 169 g/mol. The van der Waals surface area contributed by atoms with Crippen molar-refractivity contribution in [3.63, 3.8) is 0 Å². The van der Waals surface area contributed by atoms with Gasteiger partial charge in [0, 0.05) is 0 Å². The summed E-state index contributed by atoms with van der Waals surface area (Å²) < 4.78 is 0. The maximum atomic E-state index is 10.0. The van der Waals surface area contributed by atoms with E-state index in [2.05, 4.69) is 6.92 Å². The van der Waals surface area contributed by atoms with Crippen molar-refractivity contribution in [3.8, 4) is 0 Å².